The largest absolute Gasteiger partial charge is 0.384 e. The lowest BCUT2D eigenvalue weighted by Gasteiger charge is -2.31. The Bertz CT molecular complexity index is 644. The minimum absolute atomic E-state index is 0.102. The summed E-state index contributed by atoms with van der Waals surface area (Å²) in [6.07, 6.45) is 2.27. The standard InChI is InChI=1S/C18H27NO4S/c1-14(2)24(21,22)17-6-4-15(5-7-17)12-18(20)19-10-8-16(9-11-19)13-23-3/h4-7,14,16H,8-13H2,1-3H3. The van der Waals surface area contributed by atoms with Crippen LogP contribution in [0.15, 0.2) is 29.2 Å². The summed E-state index contributed by atoms with van der Waals surface area (Å²) in [6.45, 7) is 5.63. The number of amides is 1. The summed E-state index contributed by atoms with van der Waals surface area (Å²) in [5.74, 6) is 0.643. The fourth-order valence-electron chi connectivity index (χ4n) is 2.94. The van der Waals surface area contributed by atoms with Crippen molar-refractivity contribution in [3.05, 3.63) is 29.8 Å². The third-order valence-corrected chi connectivity index (χ3v) is 6.77. The summed E-state index contributed by atoms with van der Waals surface area (Å²) in [7, 11) is -1.55. The monoisotopic (exact) mass is 353 g/mol. The van der Waals surface area contributed by atoms with Crippen LogP contribution in [0, 0.1) is 5.92 Å². The van der Waals surface area contributed by atoms with E-state index in [0.29, 0.717) is 17.2 Å². The van der Waals surface area contributed by atoms with Crippen molar-refractivity contribution in [3.63, 3.8) is 0 Å². The topological polar surface area (TPSA) is 63.7 Å². The summed E-state index contributed by atoms with van der Waals surface area (Å²) < 4.78 is 29.4. The predicted molar refractivity (Wildman–Crippen MR) is 93.6 cm³/mol. The van der Waals surface area contributed by atoms with Gasteiger partial charge in [-0.1, -0.05) is 12.1 Å². The molecule has 2 rings (SSSR count). The Morgan fingerprint density at radius 2 is 1.79 bits per heavy atom. The average Bonchev–Trinajstić information content (AvgIpc) is 2.56. The molecule has 24 heavy (non-hydrogen) atoms. The molecule has 6 heteroatoms. The number of sulfone groups is 1. The van der Waals surface area contributed by atoms with Gasteiger partial charge in [0.1, 0.15) is 0 Å². The van der Waals surface area contributed by atoms with E-state index in [2.05, 4.69) is 0 Å². The summed E-state index contributed by atoms with van der Waals surface area (Å²) in [6, 6.07) is 6.68. The van der Waals surface area contributed by atoms with Crippen LogP contribution >= 0.6 is 0 Å². The molecule has 0 aliphatic carbocycles. The molecule has 1 heterocycles. The molecule has 1 fully saturated rings. The molecular weight excluding hydrogens is 326 g/mol. The fraction of sp³-hybridized carbons (Fsp3) is 0.611. The van der Waals surface area contributed by atoms with Gasteiger partial charge in [0.25, 0.3) is 0 Å². The molecule has 0 atom stereocenters. The van der Waals surface area contributed by atoms with Crippen LogP contribution in [0.25, 0.3) is 0 Å². The quantitative estimate of drug-likeness (QED) is 0.787. The summed E-state index contributed by atoms with van der Waals surface area (Å²) in [5, 5.41) is -0.446. The fourth-order valence-corrected chi connectivity index (χ4v) is 4.00. The van der Waals surface area contributed by atoms with Gasteiger partial charge in [0.15, 0.2) is 9.84 Å². The molecule has 0 spiro atoms. The number of ether oxygens (including phenoxy) is 1. The molecular formula is C18H27NO4S. The van der Waals surface area contributed by atoms with Gasteiger partial charge in [0, 0.05) is 26.8 Å². The van der Waals surface area contributed by atoms with E-state index in [0.717, 1.165) is 38.1 Å². The molecule has 134 valence electrons. The van der Waals surface area contributed by atoms with Crippen LogP contribution in [0.5, 0.6) is 0 Å². The lowest BCUT2D eigenvalue weighted by atomic mass is 9.97. The third kappa shape index (κ3) is 4.57. The highest BCUT2D eigenvalue weighted by atomic mass is 32.2. The molecule has 5 nitrogen and oxygen atoms in total. The van der Waals surface area contributed by atoms with Crippen molar-refractivity contribution in [3.8, 4) is 0 Å². The predicted octanol–water partition coefficient (Wildman–Crippen LogP) is 2.30. The molecule has 0 radical (unpaired) electrons. The molecule has 0 bridgehead atoms. The smallest absolute Gasteiger partial charge is 0.226 e. The second-order valence-electron chi connectivity index (χ2n) is 6.69. The molecule has 0 aromatic heterocycles. The van der Waals surface area contributed by atoms with Gasteiger partial charge in [-0.2, -0.15) is 0 Å². The number of likely N-dealkylation sites (tertiary alicyclic amines) is 1. The van der Waals surface area contributed by atoms with Gasteiger partial charge in [-0.15, -0.1) is 0 Å². The van der Waals surface area contributed by atoms with Crippen LogP contribution in [-0.2, 0) is 25.8 Å². The van der Waals surface area contributed by atoms with Crippen LogP contribution in [0.3, 0.4) is 0 Å². The second-order valence-corrected chi connectivity index (χ2v) is 9.20. The van der Waals surface area contributed by atoms with Gasteiger partial charge in [-0.25, -0.2) is 8.42 Å². The zero-order chi connectivity index (χ0) is 17.7. The van der Waals surface area contributed by atoms with E-state index in [1.807, 2.05) is 4.90 Å². The molecule has 1 aliphatic heterocycles. The van der Waals surface area contributed by atoms with E-state index in [-0.39, 0.29) is 5.91 Å². The van der Waals surface area contributed by atoms with Gasteiger partial charge in [0.05, 0.1) is 16.6 Å². The molecule has 0 N–H and O–H groups in total. The van der Waals surface area contributed by atoms with E-state index < -0.39 is 15.1 Å². The average molecular weight is 353 g/mol. The molecule has 1 amide bonds. The van der Waals surface area contributed by atoms with Crippen molar-refractivity contribution in [1.82, 2.24) is 4.90 Å². The number of methoxy groups -OCH3 is 1. The van der Waals surface area contributed by atoms with Crippen molar-refractivity contribution in [2.45, 2.75) is 43.3 Å². The number of hydrogen-bond donors (Lipinski definition) is 0. The number of rotatable bonds is 6. The highest BCUT2D eigenvalue weighted by molar-refractivity contribution is 7.92. The Balaban J connectivity index is 1.93. The molecule has 1 saturated heterocycles. The van der Waals surface area contributed by atoms with Crippen LogP contribution in [0.4, 0.5) is 0 Å². The first-order valence-electron chi connectivity index (χ1n) is 8.44. The molecule has 1 aliphatic rings. The van der Waals surface area contributed by atoms with Crippen molar-refractivity contribution < 1.29 is 17.9 Å². The van der Waals surface area contributed by atoms with Crippen molar-refractivity contribution in [1.29, 1.82) is 0 Å². The Morgan fingerprint density at radius 1 is 1.21 bits per heavy atom. The van der Waals surface area contributed by atoms with Crippen LogP contribution in [0.1, 0.15) is 32.3 Å². The van der Waals surface area contributed by atoms with E-state index in [1.54, 1.807) is 45.2 Å². The maximum atomic E-state index is 12.4. The Morgan fingerprint density at radius 3 is 2.29 bits per heavy atom. The minimum atomic E-state index is -3.26. The summed E-state index contributed by atoms with van der Waals surface area (Å²) in [5.41, 5.74) is 0.849. The van der Waals surface area contributed by atoms with Crippen LogP contribution in [0.2, 0.25) is 0 Å². The molecule has 1 aromatic carbocycles. The Hall–Kier alpha value is -1.40. The van der Waals surface area contributed by atoms with Crippen LogP contribution < -0.4 is 0 Å². The second kappa shape index (κ2) is 8.12. The van der Waals surface area contributed by atoms with Gasteiger partial charge < -0.3 is 9.64 Å². The number of hydrogen-bond acceptors (Lipinski definition) is 4. The van der Waals surface area contributed by atoms with E-state index in [1.165, 1.54) is 0 Å². The van der Waals surface area contributed by atoms with Gasteiger partial charge in [-0.3, -0.25) is 4.79 Å². The number of benzene rings is 1. The normalized spacial score (nSPS) is 16.6. The zero-order valence-corrected chi connectivity index (χ0v) is 15.5. The van der Waals surface area contributed by atoms with Gasteiger partial charge in [-0.05, 0) is 50.3 Å². The minimum Gasteiger partial charge on any atom is -0.384 e. The molecule has 0 unspecified atom stereocenters. The third-order valence-electron chi connectivity index (χ3n) is 4.60. The highest BCUT2D eigenvalue weighted by Gasteiger charge is 2.23. The highest BCUT2D eigenvalue weighted by Crippen LogP contribution is 2.20. The Labute approximate surface area is 144 Å². The van der Waals surface area contributed by atoms with E-state index >= 15 is 0 Å². The summed E-state index contributed by atoms with van der Waals surface area (Å²) in [4.78, 5) is 14.6. The first-order valence-corrected chi connectivity index (χ1v) is 9.98. The van der Waals surface area contributed by atoms with Crippen molar-refractivity contribution in [2.24, 2.45) is 5.92 Å². The van der Waals surface area contributed by atoms with E-state index in [9.17, 15) is 13.2 Å². The SMILES string of the molecule is COCC1CCN(C(=O)Cc2ccc(S(=O)(=O)C(C)C)cc2)CC1. The lowest BCUT2D eigenvalue weighted by molar-refractivity contribution is -0.132. The maximum absolute atomic E-state index is 12.4. The van der Waals surface area contributed by atoms with E-state index in [4.69, 9.17) is 4.74 Å². The molecule has 1 aromatic rings. The van der Waals surface area contributed by atoms with Crippen molar-refractivity contribution in [2.75, 3.05) is 26.8 Å². The maximum Gasteiger partial charge on any atom is 0.226 e. The number of piperidine rings is 1. The van der Waals surface area contributed by atoms with Gasteiger partial charge >= 0.3 is 0 Å². The van der Waals surface area contributed by atoms with Gasteiger partial charge in [0.2, 0.25) is 5.91 Å². The lowest BCUT2D eigenvalue weighted by Crippen LogP contribution is -2.40. The first-order chi connectivity index (χ1) is 11.3. The Kier molecular flexibility index (Phi) is 6.40. The number of nitrogens with zero attached hydrogens (tertiary/aromatic N) is 1. The number of carbonyl (C=O) groups excluding carboxylic acids is 1. The zero-order valence-electron chi connectivity index (χ0n) is 14.7. The van der Waals surface area contributed by atoms with Crippen molar-refractivity contribution >= 4 is 15.7 Å². The molecule has 0 saturated carbocycles. The summed E-state index contributed by atoms with van der Waals surface area (Å²) >= 11 is 0. The number of carbonyl (C=O) groups is 1. The van der Waals surface area contributed by atoms with Crippen LogP contribution in [-0.4, -0.2) is 51.3 Å². The first kappa shape index (κ1) is 18.9.